The number of nitrogens with one attached hydrogen (secondary N) is 1. The Bertz CT molecular complexity index is 762. The van der Waals surface area contributed by atoms with E-state index in [4.69, 9.17) is 11.6 Å². The Hall–Kier alpha value is -1.85. The molecule has 0 aliphatic carbocycles. The molecule has 0 saturated heterocycles. The molecule has 1 N–H and O–H groups in total. The smallest absolute Gasteiger partial charge is 0.221 e. The summed E-state index contributed by atoms with van der Waals surface area (Å²) in [5.74, 6) is -0.119. The third-order valence-electron chi connectivity index (χ3n) is 2.66. The molecule has 3 rings (SSSR count). The number of rotatable bonds is 2. The van der Waals surface area contributed by atoms with E-state index in [-0.39, 0.29) is 5.91 Å². The number of halogens is 1. The van der Waals surface area contributed by atoms with E-state index in [0.717, 1.165) is 20.4 Å². The molecule has 0 aliphatic heterocycles. The quantitative estimate of drug-likeness (QED) is 0.783. The summed E-state index contributed by atoms with van der Waals surface area (Å²) >= 11 is 7.46. The third-order valence-corrected chi connectivity index (χ3v) is 3.94. The average Bonchev–Trinajstić information content (AvgIpc) is 2.96. The van der Waals surface area contributed by atoms with Crippen LogP contribution >= 0.6 is 22.9 Å². The number of fused-ring (bicyclic) bond motifs is 1. The van der Waals surface area contributed by atoms with Gasteiger partial charge in [0.05, 0.1) is 10.0 Å². The molecule has 0 atom stereocenters. The summed E-state index contributed by atoms with van der Waals surface area (Å²) in [6.45, 7) is 1.48. The van der Waals surface area contributed by atoms with E-state index in [0.29, 0.717) is 5.69 Å². The van der Waals surface area contributed by atoms with Gasteiger partial charge < -0.3 is 9.72 Å². The van der Waals surface area contributed by atoms with E-state index in [1.165, 1.54) is 18.3 Å². The van der Waals surface area contributed by atoms with Crippen LogP contribution in [-0.2, 0) is 4.79 Å². The van der Waals surface area contributed by atoms with Crippen molar-refractivity contribution in [1.82, 2.24) is 9.38 Å². The first-order valence-electron chi connectivity index (χ1n) is 5.63. The van der Waals surface area contributed by atoms with E-state index in [1.807, 2.05) is 35.0 Å². The summed E-state index contributed by atoms with van der Waals surface area (Å²) in [6, 6.07) is 5.73. The van der Waals surface area contributed by atoms with Crippen molar-refractivity contribution in [2.45, 2.75) is 6.92 Å². The van der Waals surface area contributed by atoms with Crippen LogP contribution in [0.15, 0.2) is 36.8 Å². The van der Waals surface area contributed by atoms with Crippen LogP contribution in [0, 0.1) is 0 Å². The molecule has 3 aromatic rings. The lowest BCUT2D eigenvalue weighted by molar-refractivity contribution is -0.114. The molecule has 1 amide bonds. The maximum absolute atomic E-state index is 11.3. The summed E-state index contributed by atoms with van der Waals surface area (Å²) in [5, 5.41) is 2.80. The van der Waals surface area contributed by atoms with Crippen LogP contribution in [0.5, 0.6) is 0 Å². The van der Waals surface area contributed by atoms with Crippen LogP contribution in [0.3, 0.4) is 0 Å². The van der Waals surface area contributed by atoms with Gasteiger partial charge in [0.15, 0.2) is 5.65 Å². The second-order valence-electron chi connectivity index (χ2n) is 4.09. The molecule has 19 heavy (non-hydrogen) atoms. The van der Waals surface area contributed by atoms with Gasteiger partial charge in [-0.1, -0.05) is 11.6 Å². The molecular formula is C13H10ClN3OS. The number of carbonyl (C=O) groups is 1. The van der Waals surface area contributed by atoms with Gasteiger partial charge in [0.25, 0.3) is 0 Å². The number of carbonyl (C=O) groups excluding carboxylic acids is 1. The number of nitrogens with zero attached hydrogens (tertiary/aromatic N) is 2. The van der Waals surface area contributed by atoms with Crippen LogP contribution in [0.1, 0.15) is 6.92 Å². The summed E-state index contributed by atoms with van der Waals surface area (Å²) in [7, 11) is 0. The van der Waals surface area contributed by atoms with Gasteiger partial charge in [-0.25, -0.2) is 4.98 Å². The number of thiophene rings is 1. The Kier molecular flexibility index (Phi) is 3.00. The molecule has 3 aromatic heterocycles. The molecule has 4 nitrogen and oxygen atoms in total. The zero-order valence-electron chi connectivity index (χ0n) is 10.1. The number of aromatic nitrogens is 2. The van der Waals surface area contributed by atoms with Crippen molar-refractivity contribution in [1.29, 1.82) is 0 Å². The fourth-order valence-electron chi connectivity index (χ4n) is 1.92. The molecule has 0 unspecified atom stereocenters. The molecule has 3 heterocycles. The molecule has 0 bridgehead atoms. The summed E-state index contributed by atoms with van der Waals surface area (Å²) in [6.07, 6.45) is 5.51. The first-order valence-corrected chi connectivity index (χ1v) is 6.83. The third kappa shape index (κ3) is 2.34. The predicted octanol–water partition coefficient (Wildman–Crippen LogP) is 3.67. The highest BCUT2D eigenvalue weighted by atomic mass is 35.5. The van der Waals surface area contributed by atoms with E-state index >= 15 is 0 Å². The number of pyridine rings is 1. The van der Waals surface area contributed by atoms with Gasteiger partial charge in [-0.3, -0.25) is 4.79 Å². The number of imidazole rings is 1. The highest BCUT2D eigenvalue weighted by molar-refractivity contribution is 7.19. The van der Waals surface area contributed by atoms with Gasteiger partial charge >= 0.3 is 0 Å². The van der Waals surface area contributed by atoms with Crippen molar-refractivity contribution >= 4 is 40.2 Å². The highest BCUT2D eigenvalue weighted by Crippen LogP contribution is 2.33. The minimum atomic E-state index is -0.119. The maximum atomic E-state index is 11.3. The second-order valence-corrected chi connectivity index (χ2v) is 5.80. The molecular weight excluding hydrogens is 282 g/mol. The van der Waals surface area contributed by atoms with Gasteiger partial charge in [0.1, 0.15) is 0 Å². The van der Waals surface area contributed by atoms with Crippen LogP contribution in [-0.4, -0.2) is 15.3 Å². The number of amides is 1. The Morgan fingerprint density at radius 2 is 2.32 bits per heavy atom. The van der Waals surface area contributed by atoms with E-state index in [2.05, 4.69) is 10.3 Å². The largest absolute Gasteiger partial charge is 0.323 e. The van der Waals surface area contributed by atoms with Crippen LogP contribution < -0.4 is 5.32 Å². The Balaban J connectivity index is 2.18. The first-order chi connectivity index (χ1) is 9.13. The zero-order chi connectivity index (χ0) is 13.4. The lowest BCUT2D eigenvalue weighted by Gasteiger charge is -2.07. The van der Waals surface area contributed by atoms with Gasteiger partial charge in [-0.2, -0.15) is 0 Å². The fraction of sp³-hybridized carbons (Fsp3) is 0.0769. The number of anilines is 1. The van der Waals surface area contributed by atoms with Crippen molar-refractivity contribution in [2.75, 3.05) is 5.32 Å². The van der Waals surface area contributed by atoms with Crippen molar-refractivity contribution in [3.63, 3.8) is 0 Å². The molecule has 0 aliphatic rings. The first kappa shape index (κ1) is 12.2. The fourth-order valence-corrected chi connectivity index (χ4v) is 2.94. The molecule has 0 radical (unpaired) electrons. The minimum absolute atomic E-state index is 0.119. The van der Waals surface area contributed by atoms with E-state index < -0.39 is 0 Å². The van der Waals surface area contributed by atoms with Crippen LogP contribution in [0.25, 0.3) is 16.1 Å². The predicted molar refractivity (Wildman–Crippen MR) is 77.8 cm³/mol. The monoisotopic (exact) mass is 291 g/mol. The maximum Gasteiger partial charge on any atom is 0.221 e. The average molecular weight is 292 g/mol. The second kappa shape index (κ2) is 4.68. The highest BCUT2D eigenvalue weighted by Gasteiger charge is 2.09. The number of hydrogen-bond acceptors (Lipinski definition) is 3. The Morgan fingerprint density at radius 3 is 3.00 bits per heavy atom. The van der Waals surface area contributed by atoms with E-state index in [1.54, 1.807) is 6.20 Å². The van der Waals surface area contributed by atoms with Gasteiger partial charge in [-0.15, -0.1) is 11.3 Å². The Morgan fingerprint density at radius 1 is 1.47 bits per heavy atom. The van der Waals surface area contributed by atoms with Gasteiger partial charge in [-0.05, 0) is 18.2 Å². The minimum Gasteiger partial charge on any atom is -0.323 e. The molecule has 0 saturated carbocycles. The number of hydrogen-bond donors (Lipinski definition) is 1. The summed E-state index contributed by atoms with van der Waals surface area (Å²) in [4.78, 5) is 16.5. The van der Waals surface area contributed by atoms with Crippen molar-refractivity contribution in [2.24, 2.45) is 0 Å². The van der Waals surface area contributed by atoms with E-state index in [9.17, 15) is 4.79 Å². The van der Waals surface area contributed by atoms with Crippen molar-refractivity contribution < 1.29 is 4.79 Å². The SMILES string of the molecule is CC(=O)Nc1cc(-c2ccc(Cl)s2)cn2ccnc12. The van der Waals surface area contributed by atoms with Crippen molar-refractivity contribution in [3.05, 3.63) is 41.1 Å². The summed E-state index contributed by atoms with van der Waals surface area (Å²) in [5.41, 5.74) is 2.41. The normalized spacial score (nSPS) is 10.8. The summed E-state index contributed by atoms with van der Waals surface area (Å²) < 4.78 is 2.62. The topological polar surface area (TPSA) is 46.4 Å². The molecule has 96 valence electrons. The lowest BCUT2D eigenvalue weighted by atomic mass is 10.2. The van der Waals surface area contributed by atoms with Gasteiger partial charge in [0, 0.05) is 36.0 Å². The zero-order valence-corrected chi connectivity index (χ0v) is 11.6. The van der Waals surface area contributed by atoms with Crippen LogP contribution in [0.2, 0.25) is 4.34 Å². The lowest BCUT2D eigenvalue weighted by Crippen LogP contribution is -2.07. The van der Waals surface area contributed by atoms with Crippen molar-refractivity contribution in [3.8, 4) is 10.4 Å². The van der Waals surface area contributed by atoms with Crippen LogP contribution in [0.4, 0.5) is 5.69 Å². The molecule has 0 spiro atoms. The molecule has 0 fully saturated rings. The standard InChI is InChI=1S/C13H10ClN3OS/c1-8(18)16-10-6-9(11-2-3-12(14)19-11)7-17-5-4-15-13(10)17/h2-7H,1H3,(H,16,18). The molecule has 0 aromatic carbocycles. The van der Waals surface area contributed by atoms with Gasteiger partial charge in [0.2, 0.25) is 5.91 Å². The Labute approximate surface area is 118 Å². The molecule has 6 heteroatoms.